The number of anilines is 1. The number of hydrogen-bond donors (Lipinski definition) is 1. The van der Waals surface area contributed by atoms with Crippen molar-refractivity contribution >= 4 is 44.1 Å². The van der Waals surface area contributed by atoms with Gasteiger partial charge in [-0.3, -0.25) is 14.5 Å². The molecule has 1 saturated heterocycles. The van der Waals surface area contributed by atoms with E-state index in [0.29, 0.717) is 21.6 Å². The molecule has 9 heteroatoms. The number of fused-ring (bicyclic) bond motifs is 1. The van der Waals surface area contributed by atoms with E-state index in [-0.39, 0.29) is 22.0 Å². The van der Waals surface area contributed by atoms with Crippen LogP contribution in [0.4, 0.5) is 13.9 Å². The summed E-state index contributed by atoms with van der Waals surface area (Å²) in [4.78, 5) is 32.0. The van der Waals surface area contributed by atoms with Crippen molar-refractivity contribution in [2.24, 2.45) is 0 Å². The Bertz CT molecular complexity index is 1510. The lowest BCUT2D eigenvalue weighted by Crippen LogP contribution is -2.29. The number of benzene rings is 3. The fourth-order valence-electron chi connectivity index (χ4n) is 4.13. The Morgan fingerprint density at radius 3 is 2.54 bits per heavy atom. The van der Waals surface area contributed by atoms with Gasteiger partial charge in [-0.1, -0.05) is 53.3 Å². The number of aryl methyl sites for hydroxylation is 1. The second kappa shape index (κ2) is 8.59. The molecule has 176 valence electrons. The number of methoxy groups -OCH3 is 1. The third-order valence-corrected chi connectivity index (χ3v) is 6.79. The quantitative estimate of drug-likeness (QED) is 0.231. The average molecular weight is 493 g/mol. The number of amides is 1. The zero-order valence-corrected chi connectivity index (χ0v) is 19.4. The molecule has 0 spiro atoms. The van der Waals surface area contributed by atoms with E-state index in [1.54, 1.807) is 42.5 Å². The Morgan fingerprint density at radius 1 is 1.06 bits per heavy atom. The number of carbonyl (C=O) groups is 2. The third-order valence-electron chi connectivity index (χ3n) is 5.77. The predicted molar refractivity (Wildman–Crippen MR) is 128 cm³/mol. The van der Waals surface area contributed by atoms with Crippen molar-refractivity contribution in [3.05, 3.63) is 94.6 Å². The van der Waals surface area contributed by atoms with Gasteiger partial charge in [0.1, 0.15) is 11.5 Å². The molecule has 6 nitrogen and oxygen atoms in total. The van der Waals surface area contributed by atoms with Crippen molar-refractivity contribution in [3.63, 3.8) is 0 Å². The van der Waals surface area contributed by atoms with Crippen LogP contribution < -0.4 is 9.64 Å². The largest absolute Gasteiger partial charge is 0.507 e. The Balaban J connectivity index is 1.74. The standard InChI is InChI=1S/C26H18F2N2O4S/c1-13-5-3-6-14(9-13)22-21(23(31)15-7-4-8-16(10-15)34-2)24(32)25(33)30(22)26-29-19-11-17(27)18(28)12-20(19)35-26/h3-12,22,31H,1-2H3/b23-21+. The average Bonchev–Trinajstić information content (AvgIpc) is 3.36. The predicted octanol–water partition coefficient (Wildman–Crippen LogP) is 5.52. The number of thiazole rings is 1. The van der Waals surface area contributed by atoms with Gasteiger partial charge in [0.2, 0.25) is 0 Å². The van der Waals surface area contributed by atoms with Crippen LogP contribution in [0.15, 0.2) is 66.2 Å². The minimum atomic E-state index is -1.07. The van der Waals surface area contributed by atoms with Gasteiger partial charge in [0, 0.05) is 11.6 Å². The first-order valence-corrected chi connectivity index (χ1v) is 11.4. The van der Waals surface area contributed by atoms with Gasteiger partial charge >= 0.3 is 5.91 Å². The van der Waals surface area contributed by atoms with Gasteiger partial charge in [-0.05, 0) is 30.7 Å². The van der Waals surface area contributed by atoms with Gasteiger partial charge in [0.05, 0.1) is 28.9 Å². The molecule has 4 aromatic rings. The monoisotopic (exact) mass is 492 g/mol. The van der Waals surface area contributed by atoms with Crippen LogP contribution in [0.2, 0.25) is 0 Å². The second-order valence-electron chi connectivity index (χ2n) is 8.05. The molecule has 1 aromatic heterocycles. The van der Waals surface area contributed by atoms with Crippen molar-refractivity contribution in [2.75, 3.05) is 12.0 Å². The smallest absolute Gasteiger partial charge is 0.301 e. The number of carbonyl (C=O) groups excluding carboxylic acids is 2. The van der Waals surface area contributed by atoms with Gasteiger partial charge in [-0.2, -0.15) is 0 Å². The summed E-state index contributed by atoms with van der Waals surface area (Å²) in [6.07, 6.45) is 0. The fourth-order valence-corrected chi connectivity index (χ4v) is 5.12. The Hall–Kier alpha value is -4.11. The number of ketones is 1. The van der Waals surface area contributed by atoms with Gasteiger partial charge in [0.15, 0.2) is 16.8 Å². The van der Waals surface area contributed by atoms with E-state index >= 15 is 0 Å². The molecule has 1 atom stereocenters. The first-order chi connectivity index (χ1) is 16.8. The molecular weight excluding hydrogens is 474 g/mol. The summed E-state index contributed by atoms with van der Waals surface area (Å²) < 4.78 is 33.1. The van der Waals surface area contributed by atoms with E-state index in [4.69, 9.17) is 4.74 Å². The van der Waals surface area contributed by atoms with Crippen LogP contribution in [0.25, 0.3) is 16.0 Å². The molecule has 0 radical (unpaired) electrons. The van der Waals surface area contributed by atoms with Crippen LogP contribution >= 0.6 is 11.3 Å². The van der Waals surface area contributed by atoms with Gasteiger partial charge in [-0.25, -0.2) is 13.8 Å². The highest BCUT2D eigenvalue weighted by molar-refractivity contribution is 7.22. The Morgan fingerprint density at radius 2 is 1.80 bits per heavy atom. The Labute approximate surface area is 202 Å². The lowest BCUT2D eigenvalue weighted by atomic mass is 9.94. The van der Waals surface area contributed by atoms with Crippen molar-refractivity contribution in [1.82, 2.24) is 4.98 Å². The van der Waals surface area contributed by atoms with Crippen LogP contribution in [-0.2, 0) is 9.59 Å². The van der Waals surface area contributed by atoms with Crippen molar-refractivity contribution < 1.29 is 28.2 Å². The number of hydrogen-bond acceptors (Lipinski definition) is 6. The molecule has 35 heavy (non-hydrogen) atoms. The van der Waals surface area contributed by atoms with Crippen LogP contribution in [-0.4, -0.2) is 28.9 Å². The zero-order chi connectivity index (χ0) is 24.9. The summed E-state index contributed by atoms with van der Waals surface area (Å²) in [6, 6.07) is 14.6. The van der Waals surface area contributed by atoms with E-state index in [2.05, 4.69) is 4.98 Å². The number of aromatic nitrogens is 1. The van der Waals surface area contributed by atoms with E-state index in [1.807, 2.05) is 13.0 Å². The molecule has 1 fully saturated rings. The summed E-state index contributed by atoms with van der Waals surface area (Å²) >= 11 is 0.952. The molecular formula is C26H18F2N2O4S. The third kappa shape index (κ3) is 3.83. The maximum Gasteiger partial charge on any atom is 0.301 e. The molecule has 3 aromatic carbocycles. The number of halogens is 2. The van der Waals surface area contributed by atoms with E-state index in [1.165, 1.54) is 12.0 Å². The van der Waals surface area contributed by atoms with Crippen LogP contribution in [0, 0.1) is 18.6 Å². The summed E-state index contributed by atoms with van der Waals surface area (Å²) in [7, 11) is 1.48. The molecule has 0 saturated carbocycles. The van der Waals surface area contributed by atoms with Crippen molar-refractivity contribution in [3.8, 4) is 5.75 Å². The summed E-state index contributed by atoms with van der Waals surface area (Å²) in [6.45, 7) is 1.86. The first-order valence-electron chi connectivity index (χ1n) is 10.6. The highest BCUT2D eigenvalue weighted by Gasteiger charge is 2.48. The fraction of sp³-hybridized carbons (Fsp3) is 0.115. The molecule has 1 aliphatic rings. The second-order valence-corrected chi connectivity index (χ2v) is 9.05. The molecule has 1 N–H and O–H groups in total. The minimum absolute atomic E-state index is 0.0864. The normalized spacial score (nSPS) is 17.4. The summed E-state index contributed by atoms with van der Waals surface area (Å²) in [5.74, 6) is -3.80. The maximum absolute atomic E-state index is 13.8. The minimum Gasteiger partial charge on any atom is -0.507 e. The number of aliphatic hydroxyl groups excluding tert-OH is 1. The van der Waals surface area contributed by atoms with E-state index in [9.17, 15) is 23.5 Å². The SMILES string of the molecule is COc1cccc(/C(O)=C2\C(=O)C(=O)N(c3nc4cc(F)c(F)cc4s3)C2c2cccc(C)c2)c1. The Kier molecular flexibility index (Phi) is 5.56. The lowest BCUT2D eigenvalue weighted by Gasteiger charge is -2.23. The van der Waals surface area contributed by atoms with Crippen molar-refractivity contribution in [2.45, 2.75) is 13.0 Å². The number of rotatable bonds is 4. The van der Waals surface area contributed by atoms with Gasteiger partial charge in [-0.15, -0.1) is 0 Å². The highest BCUT2D eigenvalue weighted by atomic mass is 32.1. The van der Waals surface area contributed by atoms with Crippen LogP contribution in [0.5, 0.6) is 5.75 Å². The van der Waals surface area contributed by atoms with E-state index in [0.717, 1.165) is 29.0 Å². The summed E-state index contributed by atoms with van der Waals surface area (Å²) in [5, 5.41) is 11.3. The summed E-state index contributed by atoms with van der Waals surface area (Å²) in [5.41, 5.74) is 1.79. The molecule has 2 heterocycles. The number of ether oxygens (including phenoxy) is 1. The molecule has 1 unspecified atom stereocenters. The zero-order valence-electron chi connectivity index (χ0n) is 18.6. The number of aliphatic hydroxyl groups is 1. The number of nitrogens with zero attached hydrogens (tertiary/aromatic N) is 2. The lowest BCUT2D eigenvalue weighted by molar-refractivity contribution is -0.132. The molecule has 1 amide bonds. The molecule has 5 rings (SSSR count). The van der Waals surface area contributed by atoms with Crippen LogP contribution in [0.3, 0.4) is 0 Å². The molecule has 1 aliphatic heterocycles. The highest BCUT2D eigenvalue weighted by Crippen LogP contribution is 2.44. The topological polar surface area (TPSA) is 79.7 Å². The first kappa shape index (κ1) is 22.7. The van der Waals surface area contributed by atoms with Gasteiger partial charge in [0.25, 0.3) is 5.78 Å². The molecule has 0 bridgehead atoms. The van der Waals surface area contributed by atoms with Gasteiger partial charge < -0.3 is 9.84 Å². The molecule has 0 aliphatic carbocycles. The number of Topliss-reactive ketones (excluding diaryl/α,β-unsaturated/α-hetero) is 1. The van der Waals surface area contributed by atoms with Crippen LogP contribution in [0.1, 0.15) is 22.7 Å². The van der Waals surface area contributed by atoms with E-state index < -0.39 is 29.4 Å². The maximum atomic E-state index is 13.8. The van der Waals surface area contributed by atoms with Crippen molar-refractivity contribution in [1.29, 1.82) is 0 Å².